The van der Waals surface area contributed by atoms with Crippen molar-refractivity contribution in [3.63, 3.8) is 0 Å². The van der Waals surface area contributed by atoms with Crippen LogP contribution in [0.5, 0.6) is 0 Å². The Balaban J connectivity index is 2.29. The average molecular weight is 128 g/mol. The number of β-lactam (4-membered cyclic amide) rings is 1. The van der Waals surface area contributed by atoms with E-state index >= 15 is 0 Å². The Morgan fingerprint density at radius 3 is 3.25 bits per heavy atom. The summed E-state index contributed by atoms with van der Waals surface area (Å²) >= 11 is 1.85. The Bertz CT molecular complexity index is 175. The van der Waals surface area contributed by atoms with Gasteiger partial charge in [0, 0.05) is 0 Å². The van der Waals surface area contributed by atoms with Gasteiger partial charge in [-0.05, 0) is 0 Å². The second-order valence-corrected chi connectivity index (χ2v) is 3.19. The molecule has 0 N–H and O–H groups in total. The van der Waals surface area contributed by atoms with Gasteiger partial charge in [-0.2, -0.15) is 4.58 Å². The van der Waals surface area contributed by atoms with Crippen LogP contribution in [0.2, 0.25) is 0 Å². The van der Waals surface area contributed by atoms with Crippen molar-refractivity contribution in [1.29, 1.82) is 0 Å². The monoisotopic (exact) mass is 128 g/mol. The predicted molar refractivity (Wildman–Crippen MR) is 32.2 cm³/mol. The largest absolute Gasteiger partial charge is 0.395 e. The van der Waals surface area contributed by atoms with E-state index in [0.717, 1.165) is 12.2 Å². The van der Waals surface area contributed by atoms with Gasteiger partial charge < -0.3 is 0 Å². The van der Waals surface area contributed by atoms with Crippen LogP contribution in [0.3, 0.4) is 0 Å². The summed E-state index contributed by atoms with van der Waals surface area (Å²) in [6, 6.07) is 0. The lowest BCUT2D eigenvalue weighted by molar-refractivity contribution is -0.497. The Kier molecular flexibility index (Phi) is 0.766. The first-order valence-electron chi connectivity index (χ1n) is 2.64. The predicted octanol–water partition coefficient (Wildman–Crippen LogP) is 0.0729. The van der Waals surface area contributed by atoms with Crippen LogP contribution < -0.4 is 0 Å². The maximum absolute atomic E-state index is 10.6. The number of nitrogens with zero attached hydrogens (tertiary/aromatic N) is 1. The SMILES string of the molecule is O=C1C[C@@H]2SCC=[N+]12. The highest BCUT2D eigenvalue weighted by Crippen LogP contribution is 2.28. The lowest BCUT2D eigenvalue weighted by Crippen LogP contribution is -2.40. The molecule has 0 unspecified atom stereocenters. The number of carbonyl (C=O) groups excluding carboxylic acids is 1. The number of amides is 1. The molecule has 0 aromatic carbocycles. The van der Waals surface area contributed by atoms with Crippen LogP contribution in [0.4, 0.5) is 0 Å². The molecule has 8 heavy (non-hydrogen) atoms. The number of rotatable bonds is 0. The number of hydrogen-bond acceptors (Lipinski definition) is 2. The minimum Gasteiger partial charge on any atom is -0.219 e. The molecule has 0 aromatic rings. The van der Waals surface area contributed by atoms with Gasteiger partial charge in [-0.25, -0.2) is 4.79 Å². The Morgan fingerprint density at radius 1 is 1.88 bits per heavy atom. The van der Waals surface area contributed by atoms with Gasteiger partial charge >= 0.3 is 5.91 Å². The first-order chi connectivity index (χ1) is 3.88. The van der Waals surface area contributed by atoms with E-state index < -0.39 is 0 Å². The van der Waals surface area contributed by atoms with Crippen LogP contribution in [-0.2, 0) is 4.79 Å². The summed E-state index contributed by atoms with van der Waals surface area (Å²) in [5.74, 6) is 1.32. The molecular formula is C5H6NOS+. The maximum atomic E-state index is 10.6. The van der Waals surface area contributed by atoms with Crippen molar-refractivity contribution in [2.75, 3.05) is 5.75 Å². The third-order valence-electron chi connectivity index (χ3n) is 1.51. The highest BCUT2D eigenvalue weighted by atomic mass is 32.2. The normalized spacial score (nSPS) is 33.8. The van der Waals surface area contributed by atoms with Crippen LogP contribution in [0, 0.1) is 0 Å². The van der Waals surface area contributed by atoms with Crippen LogP contribution in [0.1, 0.15) is 6.42 Å². The zero-order chi connectivity index (χ0) is 5.56. The summed E-state index contributed by atoms with van der Waals surface area (Å²) in [6.07, 6.45) is 2.74. The molecule has 2 heterocycles. The molecule has 42 valence electrons. The lowest BCUT2D eigenvalue weighted by Gasteiger charge is -2.12. The van der Waals surface area contributed by atoms with Crippen LogP contribution >= 0.6 is 11.8 Å². The smallest absolute Gasteiger partial charge is 0.219 e. The van der Waals surface area contributed by atoms with Gasteiger partial charge in [-0.1, -0.05) is 11.8 Å². The van der Waals surface area contributed by atoms with Gasteiger partial charge in [0.2, 0.25) is 5.37 Å². The summed E-state index contributed by atoms with van der Waals surface area (Å²) < 4.78 is 1.82. The molecule has 0 saturated carbocycles. The van der Waals surface area contributed by atoms with E-state index in [2.05, 4.69) is 0 Å². The first-order valence-corrected chi connectivity index (χ1v) is 3.69. The fourth-order valence-electron chi connectivity index (χ4n) is 0.994. The molecule has 2 rings (SSSR count). The van der Waals surface area contributed by atoms with Gasteiger partial charge in [0.15, 0.2) is 6.21 Å². The number of thioether (sulfide) groups is 1. The lowest BCUT2D eigenvalue weighted by atomic mass is 10.2. The molecule has 1 atom stereocenters. The molecule has 0 aromatic heterocycles. The van der Waals surface area contributed by atoms with Crippen molar-refractivity contribution in [1.82, 2.24) is 0 Å². The van der Waals surface area contributed by atoms with Gasteiger partial charge in [-0.15, -0.1) is 0 Å². The van der Waals surface area contributed by atoms with Crippen LogP contribution in [0.25, 0.3) is 0 Å². The second kappa shape index (κ2) is 1.35. The van der Waals surface area contributed by atoms with Gasteiger partial charge in [0.05, 0.1) is 5.75 Å². The Morgan fingerprint density at radius 2 is 2.75 bits per heavy atom. The van der Waals surface area contributed by atoms with Crippen molar-refractivity contribution in [3.8, 4) is 0 Å². The van der Waals surface area contributed by atoms with Crippen molar-refractivity contribution >= 4 is 23.9 Å². The second-order valence-electron chi connectivity index (χ2n) is 1.98. The molecule has 0 bridgehead atoms. The number of fused-ring (bicyclic) bond motifs is 1. The summed E-state index contributed by atoms with van der Waals surface area (Å²) in [5.41, 5.74) is 0. The number of carbonyl (C=O) groups is 1. The molecular weight excluding hydrogens is 122 g/mol. The maximum Gasteiger partial charge on any atom is 0.395 e. The van der Waals surface area contributed by atoms with E-state index in [9.17, 15) is 4.79 Å². The molecule has 1 fully saturated rings. The van der Waals surface area contributed by atoms with Crippen molar-refractivity contribution < 1.29 is 9.37 Å². The summed E-state index contributed by atoms with van der Waals surface area (Å²) in [7, 11) is 0. The molecule has 0 aliphatic carbocycles. The molecule has 3 heteroatoms. The van der Waals surface area contributed by atoms with Crippen molar-refractivity contribution in [2.24, 2.45) is 0 Å². The third kappa shape index (κ3) is 0.400. The van der Waals surface area contributed by atoms with Crippen molar-refractivity contribution in [3.05, 3.63) is 0 Å². The van der Waals surface area contributed by atoms with E-state index in [1.54, 1.807) is 0 Å². The summed E-state index contributed by atoms with van der Waals surface area (Å²) in [6.45, 7) is 0. The van der Waals surface area contributed by atoms with E-state index in [-0.39, 0.29) is 0 Å². The van der Waals surface area contributed by atoms with Gasteiger partial charge in [-0.3, -0.25) is 0 Å². The quantitative estimate of drug-likeness (QED) is 0.340. The van der Waals surface area contributed by atoms with E-state index in [1.165, 1.54) is 0 Å². The third-order valence-corrected chi connectivity index (χ3v) is 2.63. The minimum absolute atomic E-state index is 0.292. The molecule has 2 aliphatic rings. The minimum atomic E-state index is 0.292. The first kappa shape index (κ1) is 4.56. The zero-order valence-corrected chi connectivity index (χ0v) is 5.15. The number of hydrogen-bond donors (Lipinski definition) is 0. The molecule has 0 spiro atoms. The fraction of sp³-hybridized carbons (Fsp3) is 0.600. The molecule has 2 nitrogen and oxygen atoms in total. The van der Waals surface area contributed by atoms with E-state index in [1.807, 2.05) is 22.6 Å². The summed E-state index contributed by atoms with van der Waals surface area (Å²) in [5, 5.41) is 0.516. The van der Waals surface area contributed by atoms with Crippen LogP contribution in [-0.4, -0.2) is 27.8 Å². The zero-order valence-electron chi connectivity index (χ0n) is 4.33. The molecule has 1 amide bonds. The van der Waals surface area contributed by atoms with E-state index in [4.69, 9.17) is 0 Å². The average Bonchev–Trinajstić information content (AvgIpc) is 2.09. The standard InChI is InChI=1S/C5H6NOS/c7-4-3-5-6(4)1-2-8-5/h1,5H,2-3H2/q+1/t5-/m0/s1. The van der Waals surface area contributed by atoms with Crippen molar-refractivity contribution in [2.45, 2.75) is 11.8 Å². The van der Waals surface area contributed by atoms with E-state index in [0.29, 0.717) is 11.3 Å². The molecule has 2 aliphatic heterocycles. The van der Waals surface area contributed by atoms with Gasteiger partial charge in [0.25, 0.3) is 0 Å². The van der Waals surface area contributed by atoms with Gasteiger partial charge in [0.1, 0.15) is 6.42 Å². The summed E-state index contributed by atoms with van der Waals surface area (Å²) in [4.78, 5) is 10.6. The fourth-order valence-corrected chi connectivity index (χ4v) is 2.09. The Hall–Kier alpha value is -0.310. The molecule has 0 radical (unpaired) electrons. The highest BCUT2D eigenvalue weighted by molar-refractivity contribution is 8.00. The molecule has 1 saturated heterocycles. The highest BCUT2D eigenvalue weighted by Gasteiger charge is 2.45. The van der Waals surface area contributed by atoms with Crippen LogP contribution in [0.15, 0.2) is 0 Å². The Labute approximate surface area is 51.6 Å². The topological polar surface area (TPSA) is 20.1 Å².